The average molecular weight is 407 g/mol. The van der Waals surface area contributed by atoms with Crippen molar-refractivity contribution in [3.05, 3.63) is 63.7 Å². The highest BCUT2D eigenvalue weighted by atomic mass is 31.2. The lowest BCUT2D eigenvalue weighted by atomic mass is 10.2. The Kier molecular flexibility index (Phi) is 7.04. The quantitative estimate of drug-likeness (QED) is 0.266. The Morgan fingerprint density at radius 1 is 1.07 bits per heavy atom. The third-order valence-electron chi connectivity index (χ3n) is 3.88. The molecule has 0 saturated heterocycles. The van der Waals surface area contributed by atoms with E-state index < -0.39 is 12.6 Å². The maximum Gasteiger partial charge on any atom is 0.345 e. The highest BCUT2D eigenvalue weighted by Gasteiger charge is 2.29. The molecule has 0 amide bonds. The van der Waals surface area contributed by atoms with Gasteiger partial charge in [0.05, 0.1) is 11.5 Å². The Hall–Kier alpha value is -2.58. The van der Waals surface area contributed by atoms with Crippen molar-refractivity contribution in [3.8, 4) is 11.5 Å². The van der Waals surface area contributed by atoms with Gasteiger partial charge in [-0.1, -0.05) is 0 Å². The third-order valence-corrected chi connectivity index (χ3v) is 6.36. The van der Waals surface area contributed by atoms with Crippen LogP contribution in [0.4, 0.5) is 5.69 Å². The van der Waals surface area contributed by atoms with Crippen LogP contribution in [0.1, 0.15) is 15.9 Å². The van der Waals surface area contributed by atoms with Gasteiger partial charge in [0, 0.05) is 11.6 Å². The van der Waals surface area contributed by atoms with Crippen LogP contribution in [0.15, 0.2) is 42.5 Å². The third kappa shape index (κ3) is 5.02. The van der Waals surface area contributed by atoms with Crippen molar-refractivity contribution in [1.82, 2.24) is 9.34 Å². The monoisotopic (exact) mass is 407 g/mol. The number of hydrogen-bond acceptors (Lipinski definition) is 6. The Balaban J connectivity index is 2.28. The number of carbonyl (C=O) groups excluding carboxylic acids is 1. The standard InChI is InChI=1S/C18H22N3O6P/c1-19(2)28(25,20(3)4)26-13-15-7-10-17(21(23)24)18(11-15)27-16-8-5-14(12-22)6-9-16/h5-12H,13H2,1-4H3. The summed E-state index contributed by atoms with van der Waals surface area (Å²) in [6.45, 7) is -0.0218. The summed E-state index contributed by atoms with van der Waals surface area (Å²) < 4.78 is 27.1. The zero-order valence-electron chi connectivity index (χ0n) is 16.1. The van der Waals surface area contributed by atoms with Gasteiger partial charge in [0.15, 0.2) is 0 Å². The van der Waals surface area contributed by atoms with Crippen LogP contribution in [-0.2, 0) is 15.7 Å². The summed E-state index contributed by atoms with van der Waals surface area (Å²) in [7, 11) is 3.40. The predicted octanol–water partition coefficient (Wildman–Crippen LogP) is 3.95. The first-order chi connectivity index (χ1) is 13.2. The number of aldehydes is 1. The minimum Gasteiger partial charge on any atom is -0.450 e. The van der Waals surface area contributed by atoms with Crippen molar-refractivity contribution in [1.29, 1.82) is 0 Å². The first-order valence-corrected chi connectivity index (χ1v) is 9.81. The van der Waals surface area contributed by atoms with Gasteiger partial charge in [-0.15, -0.1) is 0 Å². The maximum atomic E-state index is 12.9. The SMILES string of the molecule is CN(C)P(=O)(OCc1ccc([N+](=O)[O-])c(Oc2ccc(C=O)cc2)c1)N(C)C. The molecule has 0 unspecified atom stereocenters. The Labute approximate surface area is 163 Å². The fraction of sp³-hybridized carbons (Fsp3) is 0.278. The normalized spacial score (nSPS) is 11.6. The predicted molar refractivity (Wildman–Crippen MR) is 105 cm³/mol. The van der Waals surface area contributed by atoms with E-state index >= 15 is 0 Å². The lowest BCUT2D eigenvalue weighted by Gasteiger charge is -2.29. The number of nitro groups is 1. The van der Waals surface area contributed by atoms with Crippen molar-refractivity contribution in [2.45, 2.75) is 6.61 Å². The largest absolute Gasteiger partial charge is 0.450 e. The van der Waals surface area contributed by atoms with Gasteiger partial charge in [0.25, 0.3) is 0 Å². The van der Waals surface area contributed by atoms with E-state index in [2.05, 4.69) is 0 Å². The van der Waals surface area contributed by atoms with Crippen molar-refractivity contribution >= 4 is 19.6 Å². The van der Waals surface area contributed by atoms with Crippen LogP contribution in [0.3, 0.4) is 0 Å². The van der Waals surface area contributed by atoms with Gasteiger partial charge >= 0.3 is 13.4 Å². The minimum absolute atomic E-state index is 0.0218. The van der Waals surface area contributed by atoms with Crippen LogP contribution in [0.25, 0.3) is 0 Å². The molecule has 0 spiro atoms. The number of hydrogen-bond donors (Lipinski definition) is 0. The van der Waals surface area contributed by atoms with Crippen LogP contribution < -0.4 is 4.74 Å². The molecule has 2 aromatic rings. The average Bonchev–Trinajstić information content (AvgIpc) is 2.66. The molecule has 0 aliphatic carbocycles. The zero-order valence-corrected chi connectivity index (χ0v) is 17.0. The molecule has 2 rings (SSSR count). The van der Waals surface area contributed by atoms with Crippen molar-refractivity contribution in [2.24, 2.45) is 0 Å². The summed E-state index contributed by atoms with van der Waals surface area (Å²) in [6, 6.07) is 10.5. The fourth-order valence-corrected chi connectivity index (χ4v) is 3.86. The summed E-state index contributed by atoms with van der Waals surface area (Å²) in [5.41, 5.74) is 0.813. The number of nitro benzene ring substituents is 1. The zero-order chi connectivity index (χ0) is 20.9. The van der Waals surface area contributed by atoms with Gasteiger partial charge in [0.1, 0.15) is 12.0 Å². The van der Waals surface area contributed by atoms with Gasteiger partial charge in [-0.05, 0) is 70.2 Å². The number of nitrogens with zero attached hydrogens (tertiary/aromatic N) is 3. The highest BCUT2D eigenvalue weighted by Crippen LogP contribution is 2.51. The molecule has 9 nitrogen and oxygen atoms in total. The topological polar surface area (TPSA) is 102 Å². The molecule has 150 valence electrons. The molecule has 0 N–H and O–H groups in total. The number of ether oxygens (including phenoxy) is 1. The summed E-state index contributed by atoms with van der Waals surface area (Å²) in [5.74, 6) is 0.369. The molecule has 28 heavy (non-hydrogen) atoms. The van der Waals surface area contributed by atoms with Gasteiger partial charge in [-0.2, -0.15) is 0 Å². The summed E-state index contributed by atoms with van der Waals surface area (Å²) in [4.78, 5) is 21.5. The number of rotatable bonds is 9. The van der Waals surface area contributed by atoms with E-state index in [0.29, 0.717) is 23.2 Å². The van der Waals surface area contributed by atoms with E-state index in [1.807, 2.05) is 0 Å². The summed E-state index contributed by atoms with van der Waals surface area (Å²) >= 11 is 0. The lowest BCUT2D eigenvalue weighted by molar-refractivity contribution is -0.385. The molecule has 0 radical (unpaired) electrons. The molecule has 10 heteroatoms. The van der Waals surface area contributed by atoms with Crippen LogP contribution in [0.5, 0.6) is 11.5 Å². The molecule has 0 aliphatic rings. The number of benzene rings is 2. The molecule has 2 aromatic carbocycles. The van der Waals surface area contributed by atoms with Crippen molar-refractivity contribution in [3.63, 3.8) is 0 Å². The maximum absolute atomic E-state index is 12.9. The lowest BCUT2D eigenvalue weighted by Crippen LogP contribution is -2.22. The Bertz CT molecular complexity index is 887. The van der Waals surface area contributed by atoms with E-state index in [-0.39, 0.29) is 18.0 Å². The molecule has 0 fully saturated rings. The van der Waals surface area contributed by atoms with E-state index in [1.54, 1.807) is 52.5 Å². The smallest absolute Gasteiger partial charge is 0.345 e. The molecule has 0 heterocycles. The van der Waals surface area contributed by atoms with Crippen LogP contribution in [-0.4, -0.2) is 48.7 Å². The van der Waals surface area contributed by atoms with Crippen molar-refractivity contribution < 1.29 is 23.5 Å². The highest BCUT2D eigenvalue weighted by molar-refractivity contribution is 7.53. The Morgan fingerprint density at radius 3 is 2.18 bits per heavy atom. The Morgan fingerprint density at radius 2 is 1.68 bits per heavy atom. The van der Waals surface area contributed by atoms with E-state index in [4.69, 9.17) is 9.26 Å². The van der Waals surface area contributed by atoms with Gasteiger partial charge in [-0.25, -0.2) is 9.34 Å². The molecular formula is C18H22N3O6P. The van der Waals surface area contributed by atoms with E-state index in [1.165, 1.54) is 27.5 Å². The summed E-state index contributed by atoms with van der Waals surface area (Å²) in [5, 5.41) is 11.3. The second-order valence-corrected chi connectivity index (χ2v) is 9.15. The van der Waals surface area contributed by atoms with Gasteiger partial charge in [-0.3, -0.25) is 19.5 Å². The van der Waals surface area contributed by atoms with Crippen LogP contribution in [0.2, 0.25) is 0 Å². The van der Waals surface area contributed by atoms with Crippen LogP contribution in [0, 0.1) is 10.1 Å². The first-order valence-electron chi connectivity index (χ1n) is 8.28. The van der Waals surface area contributed by atoms with Crippen LogP contribution >= 0.6 is 7.67 Å². The van der Waals surface area contributed by atoms with E-state index in [0.717, 1.165) is 0 Å². The molecule has 0 bridgehead atoms. The summed E-state index contributed by atoms with van der Waals surface area (Å²) in [6.07, 6.45) is 0.692. The molecule has 0 aliphatic heterocycles. The molecule has 0 atom stereocenters. The van der Waals surface area contributed by atoms with Gasteiger partial charge in [0.2, 0.25) is 5.75 Å². The first kappa shape index (κ1) is 21.7. The fourth-order valence-electron chi connectivity index (χ4n) is 2.37. The second-order valence-electron chi connectivity index (χ2n) is 6.31. The molecular weight excluding hydrogens is 385 g/mol. The minimum atomic E-state index is -3.19. The molecule has 0 aromatic heterocycles. The second kappa shape index (κ2) is 9.07. The van der Waals surface area contributed by atoms with E-state index in [9.17, 15) is 19.5 Å². The van der Waals surface area contributed by atoms with Crippen molar-refractivity contribution in [2.75, 3.05) is 28.2 Å². The molecule has 0 saturated carbocycles. The van der Waals surface area contributed by atoms with Gasteiger partial charge < -0.3 is 9.26 Å². The number of carbonyl (C=O) groups is 1.